The first-order valence-corrected chi connectivity index (χ1v) is 10.9. The van der Waals surface area contributed by atoms with Gasteiger partial charge in [0, 0.05) is 5.69 Å². The van der Waals surface area contributed by atoms with Gasteiger partial charge in [0.05, 0.1) is 31.6 Å². The lowest BCUT2D eigenvalue weighted by Gasteiger charge is -2.18. The van der Waals surface area contributed by atoms with Crippen LogP contribution < -0.4 is 24.4 Å². The van der Waals surface area contributed by atoms with Crippen molar-refractivity contribution in [1.29, 1.82) is 0 Å². The summed E-state index contributed by atoms with van der Waals surface area (Å²) >= 11 is 0. The molecule has 4 rings (SSSR count). The smallest absolute Gasteiger partial charge is 0.282 e. The van der Waals surface area contributed by atoms with E-state index in [-0.39, 0.29) is 17.4 Å². The number of amides is 2. The second kappa shape index (κ2) is 9.70. The zero-order valence-electron chi connectivity index (χ0n) is 19.5. The molecule has 1 N–H and O–H groups in total. The van der Waals surface area contributed by atoms with Gasteiger partial charge < -0.3 is 19.5 Å². The van der Waals surface area contributed by atoms with Crippen LogP contribution in [-0.4, -0.2) is 32.1 Å². The summed E-state index contributed by atoms with van der Waals surface area (Å²) in [6.45, 7) is 3.90. The quantitative estimate of drug-likeness (QED) is 0.485. The molecule has 0 fully saturated rings. The summed E-state index contributed by atoms with van der Waals surface area (Å²) in [4.78, 5) is 28.3. The van der Waals surface area contributed by atoms with Gasteiger partial charge in [-0.05, 0) is 67.9 Å². The lowest BCUT2D eigenvalue weighted by atomic mass is 10.0. The Morgan fingerprint density at radius 2 is 1.41 bits per heavy atom. The van der Waals surface area contributed by atoms with Gasteiger partial charge in [-0.15, -0.1) is 0 Å². The van der Waals surface area contributed by atoms with Crippen LogP contribution in [0.5, 0.6) is 17.2 Å². The average Bonchev–Trinajstić information content (AvgIpc) is 3.09. The fraction of sp³-hybridized carbons (Fsp3) is 0.185. The van der Waals surface area contributed by atoms with Crippen molar-refractivity contribution in [3.8, 4) is 17.2 Å². The Kier molecular flexibility index (Phi) is 6.54. The number of anilines is 2. The van der Waals surface area contributed by atoms with E-state index in [9.17, 15) is 9.59 Å². The number of rotatable bonds is 8. The van der Waals surface area contributed by atoms with Crippen molar-refractivity contribution in [3.05, 3.63) is 84.1 Å². The average molecular weight is 459 g/mol. The van der Waals surface area contributed by atoms with E-state index in [2.05, 4.69) is 5.32 Å². The van der Waals surface area contributed by atoms with Crippen LogP contribution in [-0.2, 0) is 9.59 Å². The minimum absolute atomic E-state index is 0.0478. The largest absolute Gasteiger partial charge is 0.497 e. The van der Waals surface area contributed by atoms with Gasteiger partial charge in [-0.3, -0.25) is 9.59 Å². The summed E-state index contributed by atoms with van der Waals surface area (Å²) < 4.78 is 16.3. The molecule has 1 aliphatic heterocycles. The third-order valence-corrected chi connectivity index (χ3v) is 5.28. The Hall–Kier alpha value is -4.26. The number of hydrogen-bond donors (Lipinski definition) is 1. The molecule has 7 nitrogen and oxygen atoms in total. The van der Waals surface area contributed by atoms with Gasteiger partial charge in [0.15, 0.2) is 0 Å². The van der Waals surface area contributed by atoms with Crippen LogP contribution in [0.3, 0.4) is 0 Å². The summed E-state index contributed by atoms with van der Waals surface area (Å²) in [5, 5.41) is 3.16. The van der Waals surface area contributed by atoms with Crippen LogP contribution in [0.2, 0.25) is 0 Å². The number of carbonyl (C=O) groups excluding carboxylic acids is 2. The maximum absolute atomic E-state index is 13.6. The normalized spacial score (nSPS) is 13.5. The SMILES string of the molecule is COc1ccc(C2=C(Nc3ccc(OC(C)C)cc3)C(=O)N(c3ccccc3OC)C2=O)cc1. The lowest BCUT2D eigenvalue weighted by molar-refractivity contribution is -0.120. The highest BCUT2D eigenvalue weighted by molar-refractivity contribution is 6.46. The highest BCUT2D eigenvalue weighted by Gasteiger charge is 2.41. The maximum Gasteiger partial charge on any atom is 0.282 e. The van der Waals surface area contributed by atoms with Gasteiger partial charge in [-0.2, -0.15) is 0 Å². The van der Waals surface area contributed by atoms with Gasteiger partial charge in [-0.1, -0.05) is 24.3 Å². The number of carbonyl (C=O) groups is 2. The van der Waals surface area contributed by atoms with E-state index in [0.29, 0.717) is 28.4 Å². The number of para-hydroxylation sites is 2. The number of hydrogen-bond acceptors (Lipinski definition) is 6. The van der Waals surface area contributed by atoms with Crippen molar-refractivity contribution in [1.82, 2.24) is 0 Å². The van der Waals surface area contributed by atoms with E-state index in [0.717, 1.165) is 10.6 Å². The summed E-state index contributed by atoms with van der Waals surface area (Å²) in [6, 6.07) is 21.2. The minimum Gasteiger partial charge on any atom is -0.497 e. The Bertz CT molecular complexity index is 1230. The van der Waals surface area contributed by atoms with E-state index < -0.39 is 11.8 Å². The van der Waals surface area contributed by atoms with E-state index in [4.69, 9.17) is 14.2 Å². The molecule has 0 aromatic heterocycles. The van der Waals surface area contributed by atoms with Crippen molar-refractivity contribution in [2.75, 3.05) is 24.4 Å². The molecule has 3 aromatic rings. The van der Waals surface area contributed by atoms with E-state index >= 15 is 0 Å². The van der Waals surface area contributed by atoms with E-state index in [1.807, 2.05) is 26.0 Å². The standard InChI is InChI=1S/C27H26N2O5/c1-17(2)34-21-15-11-19(12-16-21)28-25-24(18-9-13-20(32-3)14-10-18)26(30)29(27(25)31)22-7-5-6-8-23(22)33-4/h5-17,28H,1-4H3. The Morgan fingerprint density at radius 1 is 0.765 bits per heavy atom. The fourth-order valence-electron chi connectivity index (χ4n) is 3.74. The van der Waals surface area contributed by atoms with Crippen LogP contribution in [0, 0.1) is 0 Å². The molecule has 1 aliphatic rings. The van der Waals surface area contributed by atoms with Crippen molar-refractivity contribution >= 4 is 28.8 Å². The molecular formula is C27H26N2O5. The zero-order valence-corrected chi connectivity index (χ0v) is 19.5. The zero-order chi connectivity index (χ0) is 24.2. The van der Waals surface area contributed by atoms with Crippen molar-refractivity contribution in [2.24, 2.45) is 0 Å². The molecule has 1 heterocycles. The first kappa shape index (κ1) is 22.9. The molecule has 0 radical (unpaired) electrons. The van der Waals surface area contributed by atoms with Crippen LogP contribution in [0.25, 0.3) is 5.57 Å². The molecule has 0 aliphatic carbocycles. The molecule has 0 saturated heterocycles. The predicted octanol–water partition coefficient (Wildman–Crippen LogP) is 4.89. The van der Waals surface area contributed by atoms with E-state index in [1.165, 1.54) is 7.11 Å². The number of imide groups is 1. The number of ether oxygens (including phenoxy) is 3. The summed E-state index contributed by atoms with van der Waals surface area (Å²) in [5.41, 5.74) is 2.07. The van der Waals surface area contributed by atoms with Gasteiger partial charge >= 0.3 is 0 Å². The predicted molar refractivity (Wildman–Crippen MR) is 131 cm³/mol. The Labute approximate surface area is 198 Å². The van der Waals surface area contributed by atoms with Gasteiger partial charge in [0.25, 0.3) is 11.8 Å². The minimum atomic E-state index is -0.470. The van der Waals surface area contributed by atoms with E-state index in [1.54, 1.807) is 67.8 Å². The molecular weight excluding hydrogens is 432 g/mol. The number of benzene rings is 3. The maximum atomic E-state index is 13.6. The van der Waals surface area contributed by atoms with Crippen LogP contribution in [0.4, 0.5) is 11.4 Å². The van der Waals surface area contributed by atoms with Gasteiger partial charge in [0.1, 0.15) is 22.9 Å². The van der Waals surface area contributed by atoms with Crippen molar-refractivity contribution in [3.63, 3.8) is 0 Å². The van der Waals surface area contributed by atoms with Gasteiger partial charge in [-0.25, -0.2) is 4.90 Å². The molecule has 0 atom stereocenters. The molecule has 0 unspecified atom stereocenters. The molecule has 0 bridgehead atoms. The number of nitrogens with zero attached hydrogens (tertiary/aromatic N) is 1. The molecule has 2 amide bonds. The lowest BCUT2D eigenvalue weighted by Crippen LogP contribution is -2.32. The second-order valence-electron chi connectivity index (χ2n) is 7.91. The summed E-state index contributed by atoms with van der Waals surface area (Å²) in [7, 11) is 3.07. The third kappa shape index (κ3) is 4.45. The topological polar surface area (TPSA) is 77.1 Å². The monoisotopic (exact) mass is 458 g/mol. The molecule has 3 aromatic carbocycles. The third-order valence-electron chi connectivity index (χ3n) is 5.28. The Balaban J connectivity index is 1.76. The number of nitrogens with one attached hydrogen (secondary N) is 1. The second-order valence-corrected chi connectivity index (χ2v) is 7.91. The van der Waals surface area contributed by atoms with Crippen molar-refractivity contribution < 1.29 is 23.8 Å². The van der Waals surface area contributed by atoms with Crippen LogP contribution in [0.15, 0.2) is 78.5 Å². The van der Waals surface area contributed by atoms with Crippen LogP contribution >= 0.6 is 0 Å². The summed E-state index contributed by atoms with van der Waals surface area (Å²) in [5.74, 6) is 0.881. The van der Waals surface area contributed by atoms with Gasteiger partial charge in [0.2, 0.25) is 0 Å². The first-order valence-electron chi connectivity index (χ1n) is 10.9. The highest BCUT2D eigenvalue weighted by Crippen LogP contribution is 2.38. The van der Waals surface area contributed by atoms with Crippen molar-refractivity contribution in [2.45, 2.75) is 20.0 Å². The molecule has 0 spiro atoms. The molecule has 7 heteroatoms. The molecule has 0 saturated carbocycles. The fourth-order valence-corrected chi connectivity index (χ4v) is 3.74. The Morgan fingerprint density at radius 3 is 2.03 bits per heavy atom. The molecule has 174 valence electrons. The summed E-state index contributed by atoms with van der Waals surface area (Å²) in [6.07, 6.45) is 0.0478. The first-order chi connectivity index (χ1) is 16.4. The van der Waals surface area contributed by atoms with Crippen LogP contribution in [0.1, 0.15) is 19.4 Å². The number of methoxy groups -OCH3 is 2. The molecule has 34 heavy (non-hydrogen) atoms. The highest BCUT2D eigenvalue weighted by atomic mass is 16.5.